The summed E-state index contributed by atoms with van der Waals surface area (Å²) in [6, 6.07) is 12.0. The highest BCUT2D eigenvalue weighted by molar-refractivity contribution is 5.94. The molecule has 1 saturated heterocycles. The van der Waals surface area contributed by atoms with E-state index in [0.717, 1.165) is 28.9 Å². The van der Waals surface area contributed by atoms with Crippen molar-refractivity contribution in [1.82, 2.24) is 9.80 Å². The van der Waals surface area contributed by atoms with Crippen LogP contribution in [-0.4, -0.2) is 54.4 Å². The zero-order valence-electron chi connectivity index (χ0n) is 20.3. The van der Waals surface area contributed by atoms with Crippen LogP contribution in [0.1, 0.15) is 59.8 Å². The van der Waals surface area contributed by atoms with Gasteiger partial charge in [0.15, 0.2) is 6.61 Å². The first kappa shape index (κ1) is 23.8. The summed E-state index contributed by atoms with van der Waals surface area (Å²) in [7, 11) is 0. The van der Waals surface area contributed by atoms with Crippen molar-refractivity contribution in [3.05, 3.63) is 64.2 Å². The molecule has 0 bridgehead atoms. The second-order valence-corrected chi connectivity index (χ2v) is 9.80. The number of hydrogen-bond donors (Lipinski definition) is 0. The average Bonchev–Trinajstić information content (AvgIpc) is 3.01. The number of carbonyl (C=O) groups is 2. The first-order chi connectivity index (χ1) is 15.1. The minimum atomic E-state index is -0.0332. The minimum absolute atomic E-state index is 0.0212. The van der Waals surface area contributed by atoms with E-state index in [1.807, 2.05) is 60.9 Å². The van der Waals surface area contributed by atoms with E-state index in [4.69, 9.17) is 4.74 Å². The number of rotatable bonds is 4. The number of benzene rings is 2. The monoisotopic (exact) mass is 436 g/mol. The van der Waals surface area contributed by atoms with Gasteiger partial charge < -0.3 is 14.5 Å². The van der Waals surface area contributed by atoms with Crippen molar-refractivity contribution >= 4 is 11.8 Å². The van der Waals surface area contributed by atoms with Crippen LogP contribution in [0.2, 0.25) is 0 Å². The summed E-state index contributed by atoms with van der Waals surface area (Å²) in [5.74, 6) is 0.792. The molecule has 0 aliphatic carbocycles. The molecule has 5 nitrogen and oxygen atoms in total. The maximum Gasteiger partial charge on any atom is 0.260 e. The SMILES string of the molecule is Cc1ccc(C)c(OCC(=O)N2CCCN(C(=O)c3ccc(C(C)(C)C)cc3)CC2)c1C. The number of carbonyl (C=O) groups excluding carboxylic acids is 2. The molecule has 0 atom stereocenters. The van der Waals surface area contributed by atoms with Crippen LogP contribution in [0.15, 0.2) is 36.4 Å². The Balaban J connectivity index is 1.58. The van der Waals surface area contributed by atoms with Crippen LogP contribution in [0.4, 0.5) is 0 Å². The predicted octanol–water partition coefficient (Wildman–Crippen LogP) is 4.66. The van der Waals surface area contributed by atoms with Gasteiger partial charge in [-0.2, -0.15) is 0 Å². The highest BCUT2D eigenvalue weighted by Crippen LogP contribution is 2.26. The number of hydrogen-bond acceptors (Lipinski definition) is 3. The Hall–Kier alpha value is -2.82. The fraction of sp³-hybridized carbons (Fsp3) is 0.481. The second kappa shape index (κ2) is 9.76. The standard InChI is InChI=1S/C27H36N2O3/c1-19-8-9-20(2)25(21(19)3)32-18-24(30)28-14-7-15-29(17-16-28)26(31)22-10-12-23(13-11-22)27(4,5)6/h8-13H,7,14-18H2,1-6H3. The van der Waals surface area contributed by atoms with E-state index in [2.05, 4.69) is 26.8 Å². The van der Waals surface area contributed by atoms with Gasteiger partial charge in [-0.05, 0) is 67.0 Å². The fourth-order valence-corrected chi connectivity index (χ4v) is 4.04. The molecule has 0 unspecified atom stereocenters. The third kappa shape index (κ3) is 5.50. The van der Waals surface area contributed by atoms with Gasteiger partial charge in [-0.25, -0.2) is 0 Å². The Kier molecular flexibility index (Phi) is 7.27. The summed E-state index contributed by atoms with van der Waals surface area (Å²) in [4.78, 5) is 29.5. The van der Waals surface area contributed by atoms with Crippen LogP contribution in [0.5, 0.6) is 5.75 Å². The van der Waals surface area contributed by atoms with Crippen molar-refractivity contribution in [1.29, 1.82) is 0 Å². The largest absolute Gasteiger partial charge is 0.483 e. The minimum Gasteiger partial charge on any atom is -0.483 e. The van der Waals surface area contributed by atoms with Crippen molar-refractivity contribution in [2.24, 2.45) is 0 Å². The first-order valence-corrected chi connectivity index (χ1v) is 11.4. The molecule has 32 heavy (non-hydrogen) atoms. The molecule has 0 aromatic heterocycles. The lowest BCUT2D eigenvalue weighted by Gasteiger charge is -2.23. The lowest BCUT2D eigenvalue weighted by molar-refractivity contribution is -0.133. The lowest BCUT2D eigenvalue weighted by atomic mass is 9.86. The van der Waals surface area contributed by atoms with Gasteiger partial charge in [0.25, 0.3) is 11.8 Å². The molecule has 1 fully saturated rings. The zero-order valence-corrected chi connectivity index (χ0v) is 20.3. The molecular weight excluding hydrogens is 400 g/mol. The summed E-state index contributed by atoms with van der Waals surface area (Å²) in [5.41, 5.74) is 5.22. The van der Waals surface area contributed by atoms with Gasteiger partial charge in [-0.1, -0.05) is 45.0 Å². The summed E-state index contributed by atoms with van der Waals surface area (Å²) in [6.07, 6.45) is 0.764. The molecule has 2 aromatic carbocycles. The number of nitrogens with zero attached hydrogens (tertiary/aromatic N) is 2. The van der Waals surface area contributed by atoms with Crippen molar-refractivity contribution in [3.63, 3.8) is 0 Å². The van der Waals surface area contributed by atoms with E-state index >= 15 is 0 Å². The van der Waals surface area contributed by atoms with Crippen molar-refractivity contribution in [2.75, 3.05) is 32.8 Å². The maximum atomic E-state index is 13.0. The molecule has 1 aliphatic rings. The summed E-state index contributed by atoms with van der Waals surface area (Å²) < 4.78 is 5.91. The van der Waals surface area contributed by atoms with E-state index < -0.39 is 0 Å². The highest BCUT2D eigenvalue weighted by Gasteiger charge is 2.24. The molecule has 0 N–H and O–H groups in total. The molecule has 5 heteroatoms. The maximum absolute atomic E-state index is 13.0. The van der Waals surface area contributed by atoms with Crippen LogP contribution < -0.4 is 4.74 Å². The third-order valence-corrected chi connectivity index (χ3v) is 6.35. The van der Waals surface area contributed by atoms with Gasteiger partial charge in [0, 0.05) is 31.7 Å². The van der Waals surface area contributed by atoms with Gasteiger partial charge in [0.05, 0.1) is 0 Å². The Morgan fingerprint density at radius 3 is 2.09 bits per heavy atom. The van der Waals surface area contributed by atoms with Crippen molar-refractivity contribution < 1.29 is 14.3 Å². The van der Waals surface area contributed by atoms with Crippen molar-refractivity contribution in [2.45, 2.75) is 53.4 Å². The molecule has 2 aromatic rings. The molecule has 2 amide bonds. The molecule has 0 spiro atoms. The average molecular weight is 437 g/mol. The van der Waals surface area contributed by atoms with Crippen LogP contribution in [0.3, 0.4) is 0 Å². The van der Waals surface area contributed by atoms with Gasteiger partial charge in [0.1, 0.15) is 5.75 Å². The van der Waals surface area contributed by atoms with Crippen molar-refractivity contribution in [3.8, 4) is 5.75 Å². The molecule has 0 saturated carbocycles. The molecule has 1 aliphatic heterocycles. The second-order valence-electron chi connectivity index (χ2n) is 9.80. The summed E-state index contributed by atoms with van der Waals surface area (Å²) >= 11 is 0. The number of amides is 2. The number of aryl methyl sites for hydroxylation is 2. The smallest absolute Gasteiger partial charge is 0.260 e. The van der Waals surface area contributed by atoms with Crippen LogP contribution >= 0.6 is 0 Å². The van der Waals surface area contributed by atoms with E-state index in [-0.39, 0.29) is 23.8 Å². The Bertz CT molecular complexity index is 974. The summed E-state index contributed by atoms with van der Waals surface area (Å²) in [6.45, 7) is 14.9. The lowest BCUT2D eigenvalue weighted by Crippen LogP contribution is -2.39. The van der Waals surface area contributed by atoms with Crippen LogP contribution in [0.25, 0.3) is 0 Å². The van der Waals surface area contributed by atoms with Gasteiger partial charge >= 0.3 is 0 Å². The van der Waals surface area contributed by atoms with Crippen LogP contribution in [-0.2, 0) is 10.2 Å². The molecule has 172 valence electrons. The van der Waals surface area contributed by atoms with Gasteiger partial charge in [0.2, 0.25) is 0 Å². The Morgan fingerprint density at radius 2 is 1.44 bits per heavy atom. The Labute approximate surface area is 192 Å². The molecule has 1 heterocycles. The fourth-order valence-electron chi connectivity index (χ4n) is 4.04. The summed E-state index contributed by atoms with van der Waals surface area (Å²) in [5, 5.41) is 0. The quantitative estimate of drug-likeness (QED) is 0.700. The first-order valence-electron chi connectivity index (χ1n) is 11.4. The predicted molar refractivity (Wildman–Crippen MR) is 128 cm³/mol. The van der Waals surface area contributed by atoms with Gasteiger partial charge in [-0.3, -0.25) is 9.59 Å². The molecule has 3 rings (SSSR count). The number of ether oxygens (including phenoxy) is 1. The van der Waals surface area contributed by atoms with Gasteiger partial charge in [-0.15, -0.1) is 0 Å². The van der Waals surface area contributed by atoms with E-state index in [1.165, 1.54) is 5.56 Å². The van der Waals surface area contributed by atoms with E-state index in [0.29, 0.717) is 31.7 Å². The normalized spacial score (nSPS) is 14.8. The topological polar surface area (TPSA) is 49.9 Å². The van der Waals surface area contributed by atoms with Crippen LogP contribution in [0, 0.1) is 20.8 Å². The highest BCUT2D eigenvalue weighted by atomic mass is 16.5. The molecule has 0 radical (unpaired) electrons. The van der Waals surface area contributed by atoms with E-state index in [1.54, 1.807) is 0 Å². The Morgan fingerprint density at radius 1 is 0.844 bits per heavy atom. The molecular formula is C27H36N2O3. The third-order valence-electron chi connectivity index (χ3n) is 6.35. The van der Waals surface area contributed by atoms with E-state index in [9.17, 15) is 9.59 Å². The zero-order chi connectivity index (χ0) is 23.5.